The molecule has 1 saturated heterocycles. The first-order valence-corrected chi connectivity index (χ1v) is 5.97. The third-order valence-corrected chi connectivity index (χ3v) is 3.41. The molecule has 0 bridgehead atoms. The molecule has 0 aliphatic carbocycles. The molecule has 0 aromatic heterocycles. The van der Waals surface area contributed by atoms with Gasteiger partial charge in [0.05, 0.1) is 0 Å². The molecule has 0 aromatic carbocycles. The average Bonchev–Trinajstić information content (AvgIpc) is 2.08. The maximum absolute atomic E-state index is 5.36. The number of piperidine rings is 1. The summed E-state index contributed by atoms with van der Waals surface area (Å²) < 4.78 is 0. The van der Waals surface area contributed by atoms with Crippen molar-refractivity contribution in [2.45, 2.75) is 40.2 Å². The minimum atomic E-state index is 0.442. The van der Waals surface area contributed by atoms with Gasteiger partial charge in [0.25, 0.3) is 0 Å². The SMILES string of the molecule is CC(C)NC(=S)N1CCC(C)C(C)C1. The minimum absolute atomic E-state index is 0.442. The number of likely N-dealkylation sites (tertiary alicyclic amines) is 1. The van der Waals surface area contributed by atoms with Crippen LogP contribution in [0.5, 0.6) is 0 Å². The van der Waals surface area contributed by atoms with Gasteiger partial charge in [-0.25, -0.2) is 0 Å². The summed E-state index contributed by atoms with van der Waals surface area (Å²) in [5.41, 5.74) is 0. The molecule has 0 radical (unpaired) electrons. The Hall–Kier alpha value is -0.310. The van der Waals surface area contributed by atoms with Crippen molar-refractivity contribution in [2.75, 3.05) is 13.1 Å². The van der Waals surface area contributed by atoms with Gasteiger partial charge in [-0.2, -0.15) is 0 Å². The van der Waals surface area contributed by atoms with Crippen LogP contribution in [0.3, 0.4) is 0 Å². The van der Waals surface area contributed by atoms with E-state index in [1.54, 1.807) is 0 Å². The smallest absolute Gasteiger partial charge is 0.169 e. The molecular weight excluding hydrogens is 192 g/mol. The molecule has 1 N–H and O–H groups in total. The van der Waals surface area contributed by atoms with Gasteiger partial charge in [0.1, 0.15) is 0 Å². The molecule has 14 heavy (non-hydrogen) atoms. The highest BCUT2D eigenvalue weighted by molar-refractivity contribution is 7.80. The highest BCUT2D eigenvalue weighted by Gasteiger charge is 2.23. The van der Waals surface area contributed by atoms with Crippen LogP contribution in [0.4, 0.5) is 0 Å². The van der Waals surface area contributed by atoms with Crippen LogP contribution >= 0.6 is 12.2 Å². The zero-order valence-electron chi connectivity index (χ0n) is 9.71. The molecule has 82 valence electrons. The Balaban J connectivity index is 2.42. The molecule has 3 heteroatoms. The molecule has 1 fully saturated rings. The zero-order chi connectivity index (χ0) is 10.7. The summed E-state index contributed by atoms with van der Waals surface area (Å²) in [7, 11) is 0. The van der Waals surface area contributed by atoms with Crippen LogP contribution in [0.25, 0.3) is 0 Å². The van der Waals surface area contributed by atoms with Crippen LogP contribution in [0.1, 0.15) is 34.1 Å². The van der Waals surface area contributed by atoms with E-state index in [9.17, 15) is 0 Å². The van der Waals surface area contributed by atoms with E-state index in [1.807, 2.05) is 0 Å². The van der Waals surface area contributed by atoms with Crippen molar-refractivity contribution in [3.8, 4) is 0 Å². The molecule has 2 unspecified atom stereocenters. The Morgan fingerprint density at radius 3 is 2.50 bits per heavy atom. The van der Waals surface area contributed by atoms with Crippen LogP contribution in [-0.4, -0.2) is 29.1 Å². The summed E-state index contributed by atoms with van der Waals surface area (Å²) in [5.74, 6) is 1.60. The molecule has 0 spiro atoms. The number of nitrogens with one attached hydrogen (secondary N) is 1. The van der Waals surface area contributed by atoms with Crippen molar-refractivity contribution in [1.82, 2.24) is 10.2 Å². The van der Waals surface area contributed by atoms with E-state index in [4.69, 9.17) is 12.2 Å². The predicted octanol–water partition coefficient (Wildman–Crippen LogP) is 2.25. The quantitative estimate of drug-likeness (QED) is 0.674. The topological polar surface area (TPSA) is 15.3 Å². The van der Waals surface area contributed by atoms with E-state index < -0.39 is 0 Å². The Kier molecular flexibility index (Phi) is 4.17. The Bertz CT molecular complexity index is 203. The normalized spacial score (nSPS) is 27.9. The second-order valence-electron chi connectivity index (χ2n) is 4.79. The van der Waals surface area contributed by atoms with Crippen molar-refractivity contribution in [1.29, 1.82) is 0 Å². The third-order valence-electron chi connectivity index (χ3n) is 3.03. The van der Waals surface area contributed by atoms with E-state index in [0.717, 1.165) is 30.0 Å². The fourth-order valence-corrected chi connectivity index (χ4v) is 2.19. The lowest BCUT2D eigenvalue weighted by Crippen LogP contribution is -2.48. The third kappa shape index (κ3) is 3.12. The molecule has 0 saturated carbocycles. The van der Waals surface area contributed by atoms with Crippen molar-refractivity contribution in [2.24, 2.45) is 11.8 Å². The van der Waals surface area contributed by atoms with Gasteiger partial charge in [-0.05, 0) is 44.3 Å². The Morgan fingerprint density at radius 1 is 1.36 bits per heavy atom. The van der Waals surface area contributed by atoms with Crippen LogP contribution in [-0.2, 0) is 0 Å². The second kappa shape index (κ2) is 4.96. The van der Waals surface area contributed by atoms with E-state index in [0.29, 0.717) is 6.04 Å². The lowest BCUT2D eigenvalue weighted by molar-refractivity contribution is 0.202. The van der Waals surface area contributed by atoms with E-state index in [1.165, 1.54) is 6.42 Å². The molecule has 0 aromatic rings. The zero-order valence-corrected chi connectivity index (χ0v) is 10.5. The van der Waals surface area contributed by atoms with Crippen molar-refractivity contribution in [3.05, 3.63) is 0 Å². The molecule has 1 heterocycles. The average molecular weight is 214 g/mol. The number of nitrogens with zero attached hydrogens (tertiary/aromatic N) is 1. The van der Waals surface area contributed by atoms with E-state index >= 15 is 0 Å². The highest BCUT2D eigenvalue weighted by Crippen LogP contribution is 2.22. The molecule has 2 nitrogen and oxygen atoms in total. The van der Waals surface area contributed by atoms with Crippen LogP contribution < -0.4 is 5.32 Å². The second-order valence-corrected chi connectivity index (χ2v) is 5.18. The van der Waals surface area contributed by atoms with Crippen LogP contribution in [0.15, 0.2) is 0 Å². The lowest BCUT2D eigenvalue weighted by atomic mass is 9.89. The fraction of sp³-hybridized carbons (Fsp3) is 0.909. The van der Waals surface area contributed by atoms with Gasteiger partial charge in [-0.15, -0.1) is 0 Å². The summed E-state index contributed by atoms with van der Waals surface area (Å²) in [6.07, 6.45) is 1.26. The fourth-order valence-electron chi connectivity index (χ4n) is 1.79. The highest BCUT2D eigenvalue weighted by atomic mass is 32.1. The van der Waals surface area contributed by atoms with E-state index in [2.05, 4.69) is 37.9 Å². The predicted molar refractivity (Wildman–Crippen MR) is 65.4 cm³/mol. The summed E-state index contributed by atoms with van der Waals surface area (Å²) in [5, 5.41) is 4.23. The van der Waals surface area contributed by atoms with Gasteiger partial charge < -0.3 is 10.2 Å². The van der Waals surface area contributed by atoms with Gasteiger partial charge in [0, 0.05) is 19.1 Å². The van der Waals surface area contributed by atoms with Gasteiger partial charge in [0.2, 0.25) is 0 Å². The molecule has 2 atom stereocenters. The maximum atomic E-state index is 5.36. The first-order valence-electron chi connectivity index (χ1n) is 5.56. The Morgan fingerprint density at radius 2 is 2.00 bits per heavy atom. The molecule has 1 aliphatic heterocycles. The van der Waals surface area contributed by atoms with Crippen LogP contribution in [0, 0.1) is 11.8 Å². The lowest BCUT2D eigenvalue weighted by Gasteiger charge is -2.37. The van der Waals surface area contributed by atoms with Gasteiger partial charge >= 0.3 is 0 Å². The number of rotatable bonds is 1. The van der Waals surface area contributed by atoms with Crippen molar-refractivity contribution in [3.63, 3.8) is 0 Å². The summed E-state index contributed by atoms with van der Waals surface area (Å²) in [6, 6.07) is 0.442. The summed E-state index contributed by atoms with van der Waals surface area (Å²) in [6.45, 7) is 11.1. The first kappa shape index (κ1) is 11.8. The van der Waals surface area contributed by atoms with Crippen LogP contribution in [0.2, 0.25) is 0 Å². The standard InChI is InChI=1S/C11H22N2S/c1-8(2)12-11(14)13-6-5-9(3)10(4)7-13/h8-10H,5-7H2,1-4H3,(H,12,14). The molecule has 1 aliphatic rings. The number of hydrogen-bond donors (Lipinski definition) is 1. The number of thiocarbonyl (C=S) groups is 1. The van der Waals surface area contributed by atoms with Crippen molar-refractivity contribution >= 4 is 17.3 Å². The minimum Gasteiger partial charge on any atom is -0.360 e. The molecular formula is C11H22N2S. The van der Waals surface area contributed by atoms with Gasteiger partial charge in [-0.3, -0.25) is 0 Å². The Labute approximate surface area is 93.1 Å². The summed E-state index contributed by atoms with van der Waals surface area (Å²) in [4.78, 5) is 2.31. The van der Waals surface area contributed by atoms with Gasteiger partial charge in [-0.1, -0.05) is 13.8 Å². The van der Waals surface area contributed by atoms with E-state index in [-0.39, 0.29) is 0 Å². The summed E-state index contributed by atoms with van der Waals surface area (Å²) >= 11 is 5.36. The first-order chi connectivity index (χ1) is 6.50. The monoisotopic (exact) mass is 214 g/mol. The van der Waals surface area contributed by atoms with Crippen molar-refractivity contribution < 1.29 is 0 Å². The van der Waals surface area contributed by atoms with Gasteiger partial charge in [0.15, 0.2) is 5.11 Å². The maximum Gasteiger partial charge on any atom is 0.169 e. The number of hydrogen-bond acceptors (Lipinski definition) is 1. The molecule has 1 rings (SSSR count). The largest absolute Gasteiger partial charge is 0.360 e. The molecule has 0 amide bonds.